The maximum absolute atomic E-state index is 5.65. The molecule has 0 amide bonds. The second-order valence-electron chi connectivity index (χ2n) is 19.1. The molecule has 0 aliphatic rings. The van der Waals surface area contributed by atoms with E-state index in [1.54, 1.807) is 30.4 Å². The molecule has 0 spiro atoms. The van der Waals surface area contributed by atoms with Gasteiger partial charge in [0.1, 0.15) is 73.3 Å². The minimum atomic E-state index is 0.505. The van der Waals surface area contributed by atoms with Crippen molar-refractivity contribution in [1.29, 1.82) is 0 Å². The highest BCUT2D eigenvalue weighted by Crippen LogP contribution is 2.27. The summed E-state index contributed by atoms with van der Waals surface area (Å²) in [6.45, 7) is 50.0. The first kappa shape index (κ1) is 74.1. The van der Waals surface area contributed by atoms with Gasteiger partial charge in [-0.15, -0.1) is 46.1 Å². The van der Waals surface area contributed by atoms with Gasteiger partial charge in [-0.05, 0) is 157 Å². The van der Waals surface area contributed by atoms with Gasteiger partial charge in [-0.25, -0.2) is 0 Å². The van der Waals surface area contributed by atoms with E-state index in [0.29, 0.717) is 46.2 Å². The van der Waals surface area contributed by atoms with Crippen LogP contribution in [-0.4, -0.2) is 46.2 Å². The summed E-state index contributed by atoms with van der Waals surface area (Å²) in [5, 5.41) is 0. The minimum absolute atomic E-state index is 0.505. The topological polar surface area (TPSA) is 64.6 Å². The fourth-order valence-corrected chi connectivity index (χ4v) is 7.77. The van der Waals surface area contributed by atoms with E-state index in [9.17, 15) is 0 Å². The molecule has 460 valence electrons. The summed E-state index contributed by atoms with van der Waals surface area (Å²) in [5.41, 5.74) is 9.87. The van der Waals surface area contributed by atoms with Crippen molar-refractivity contribution in [2.24, 2.45) is 0 Å². The van der Waals surface area contributed by atoms with Gasteiger partial charge in [0.05, 0.1) is 13.2 Å². The third kappa shape index (κ3) is 34.7. The monoisotopic (exact) mass is 1180 g/mol. The molecule has 0 unspecified atom stereocenters. The Kier molecular flexibility index (Phi) is 41.5. The Morgan fingerprint density at radius 1 is 0.250 bits per heavy atom. The van der Waals surface area contributed by atoms with Crippen LogP contribution < -0.4 is 33.2 Å². The molecule has 7 aromatic carbocycles. The van der Waals surface area contributed by atoms with Gasteiger partial charge in [-0.3, -0.25) is 0 Å². The number of rotatable bonds is 34. The third-order valence-electron chi connectivity index (χ3n) is 11.6. The van der Waals surface area contributed by atoms with E-state index < -0.39 is 0 Å². The van der Waals surface area contributed by atoms with E-state index in [1.807, 2.05) is 140 Å². The van der Waals surface area contributed by atoms with Crippen molar-refractivity contribution >= 4 is 0 Å². The highest BCUT2D eigenvalue weighted by molar-refractivity contribution is 5.66. The summed E-state index contributed by atoms with van der Waals surface area (Å²) in [6, 6.07) is 54.5. The van der Waals surface area contributed by atoms with Gasteiger partial charge < -0.3 is 33.2 Å². The van der Waals surface area contributed by atoms with Crippen LogP contribution in [0.4, 0.5) is 0 Å². The van der Waals surface area contributed by atoms with E-state index >= 15 is 0 Å². The second kappa shape index (κ2) is 49.3. The first-order valence-electron chi connectivity index (χ1n) is 29.4. The number of allylic oxidation sites excluding steroid dienone is 5. The van der Waals surface area contributed by atoms with Gasteiger partial charge in [0.25, 0.3) is 0 Å². The van der Waals surface area contributed by atoms with Crippen LogP contribution in [-0.2, 0) is 32.1 Å². The zero-order valence-electron chi connectivity index (χ0n) is 52.3. The largest absolute Gasteiger partial charge is 0.493 e. The van der Waals surface area contributed by atoms with Crippen molar-refractivity contribution in [3.8, 4) is 51.4 Å². The molecule has 7 aromatic rings. The summed E-state index contributed by atoms with van der Waals surface area (Å²) < 4.78 is 38.3. The summed E-state index contributed by atoms with van der Waals surface area (Å²) in [5.74, 6) is 5.90. The highest BCUT2D eigenvalue weighted by Gasteiger charge is 2.05. The van der Waals surface area contributed by atoms with Crippen LogP contribution in [0.25, 0.3) is 11.1 Å². The van der Waals surface area contributed by atoms with Gasteiger partial charge in [0, 0.05) is 12.1 Å². The molecule has 7 heteroatoms. The van der Waals surface area contributed by atoms with E-state index in [-0.39, 0.29) is 0 Å². The lowest BCUT2D eigenvalue weighted by molar-refractivity contribution is 0.309. The number of benzene rings is 7. The van der Waals surface area contributed by atoms with Crippen LogP contribution in [0.1, 0.15) is 46.2 Å². The molecular weight excluding hydrogens is 1080 g/mol. The standard InChI is InChI=1S/C18H18O.C14H18O2.C13H16O.C12H14O2.C12H14O.C12H14/c1-3-8-15-12-17(16-9-6-5-7-10-16)14-18(13-15)19-11-4-2;1-3-5-10-15-13-8-7-9-14(12-13)16-11-6-4-2;1-4-6-12-8-11(3)9-13(10-12)14-7-5-2;1-3-8-13-11-6-5-7-12(10-11)14-9-4-2;1-3-6-11-7-5-8-12(10-11)13-9-4-2;1-3-6-11-8-5-9-12(10-11)7-4-2/h3-7,9-10,12-14H,1-2,8,11H2;3-4,7-9,12H,1-2,5-6,10-11H2;4-5,8-10H,1-2,6-7H2,3H3;3-7,10H,1-2,8-9H2;3-5,7-8,10H,1-2,6,9H2;3-5,8-10H,1-2,6-7H2. The molecular formula is C81H94O7. The highest BCUT2D eigenvalue weighted by atomic mass is 16.5. The van der Waals surface area contributed by atoms with E-state index in [4.69, 9.17) is 33.2 Å². The average molecular weight is 1180 g/mol. The molecule has 0 aromatic heterocycles. The van der Waals surface area contributed by atoms with Gasteiger partial charge in [0.2, 0.25) is 0 Å². The molecule has 0 heterocycles. The zero-order valence-corrected chi connectivity index (χ0v) is 52.3. The Bertz CT molecular complexity index is 3080. The SMILES string of the molecule is C=CCCOc1cccc(OCCC=C)c1.C=CCOc1cc(C)cc(CC=C)c1.C=CCOc1cc(CC=C)cc(-c2ccccc2)c1.C=CCOc1cccc(CC=C)c1.C=CCOc1cccc(OCC=C)c1.C=CCc1cccc(CC=C)c1. The predicted octanol–water partition coefficient (Wildman–Crippen LogP) is 20.5. The van der Waals surface area contributed by atoms with Gasteiger partial charge in [0.15, 0.2) is 0 Å². The number of aryl methyl sites for hydroxylation is 1. The van der Waals surface area contributed by atoms with Gasteiger partial charge >= 0.3 is 0 Å². The molecule has 0 fully saturated rings. The maximum atomic E-state index is 5.65. The number of hydrogen-bond acceptors (Lipinski definition) is 7. The Morgan fingerprint density at radius 2 is 0.580 bits per heavy atom. The van der Waals surface area contributed by atoms with E-state index in [2.05, 4.69) is 153 Å². The lowest BCUT2D eigenvalue weighted by Crippen LogP contribution is -1.98. The Balaban J connectivity index is 0.000000362. The van der Waals surface area contributed by atoms with Crippen molar-refractivity contribution in [2.45, 2.75) is 51.9 Å². The normalized spacial score (nSPS) is 9.47. The minimum Gasteiger partial charge on any atom is -0.493 e. The molecule has 0 radical (unpaired) electrons. The molecule has 0 bridgehead atoms. The van der Waals surface area contributed by atoms with Crippen molar-refractivity contribution in [3.63, 3.8) is 0 Å². The molecule has 88 heavy (non-hydrogen) atoms. The van der Waals surface area contributed by atoms with Crippen LogP contribution in [0.15, 0.2) is 316 Å². The Hall–Kier alpha value is -9.98. The van der Waals surface area contributed by atoms with Crippen LogP contribution in [0, 0.1) is 6.92 Å². The molecule has 0 atom stereocenters. The second-order valence-corrected chi connectivity index (χ2v) is 19.1. The number of ether oxygens (including phenoxy) is 7. The summed E-state index contributed by atoms with van der Waals surface area (Å²) in [4.78, 5) is 0. The zero-order chi connectivity index (χ0) is 64.1. The lowest BCUT2D eigenvalue weighted by atomic mass is 10.0. The van der Waals surface area contributed by atoms with Gasteiger partial charge in [-0.1, -0.05) is 197 Å². The molecule has 7 rings (SSSR count). The molecule has 7 nitrogen and oxygen atoms in total. The van der Waals surface area contributed by atoms with Crippen molar-refractivity contribution < 1.29 is 33.2 Å². The van der Waals surface area contributed by atoms with E-state index in [0.717, 1.165) is 85.2 Å². The van der Waals surface area contributed by atoms with E-state index in [1.165, 1.54) is 44.5 Å². The van der Waals surface area contributed by atoms with Crippen LogP contribution in [0.5, 0.6) is 40.2 Å². The number of hydrogen-bond donors (Lipinski definition) is 0. The first-order chi connectivity index (χ1) is 43.0. The molecule has 0 aliphatic heterocycles. The van der Waals surface area contributed by atoms with Crippen LogP contribution >= 0.6 is 0 Å². The summed E-state index contributed by atoms with van der Waals surface area (Å²) in [6.07, 6.45) is 28.0. The molecule has 0 N–H and O–H groups in total. The molecule has 0 saturated heterocycles. The maximum Gasteiger partial charge on any atom is 0.123 e. The smallest absolute Gasteiger partial charge is 0.123 e. The van der Waals surface area contributed by atoms with Crippen molar-refractivity contribution in [2.75, 3.05) is 46.2 Å². The first-order valence-corrected chi connectivity index (χ1v) is 29.4. The summed E-state index contributed by atoms with van der Waals surface area (Å²) in [7, 11) is 0. The van der Waals surface area contributed by atoms with Crippen molar-refractivity contribution in [1.82, 2.24) is 0 Å². The predicted molar refractivity (Wildman–Crippen MR) is 377 cm³/mol. The fourth-order valence-electron chi connectivity index (χ4n) is 7.77. The summed E-state index contributed by atoms with van der Waals surface area (Å²) >= 11 is 0. The fraction of sp³-hybridized carbons (Fsp3) is 0.185. The molecule has 0 aliphatic carbocycles. The van der Waals surface area contributed by atoms with Crippen LogP contribution in [0.2, 0.25) is 0 Å². The van der Waals surface area contributed by atoms with Crippen LogP contribution in [0.3, 0.4) is 0 Å². The Labute approximate surface area is 529 Å². The average Bonchev–Trinajstić information content (AvgIpc) is 3.74. The third-order valence-corrected chi connectivity index (χ3v) is 11.6. The van der Waals surface area contributed by atoms with Gasteiger partial charge in [-0.2, -0.15) is 0 Å². The quantitative estimate of drug-likeness (QED) is 0.0294. The Morgan fingerprint density at radius 3 is 0.989 bits per heavy atom. The lowest BCUT2D eigenvalue weighted by Gasteiger charge is -2.10. The molecule has 0 saturated carbocycles. The van der Waals surface area contributed by atoms with Crippen molar-refractivity contribution in [3.05, 3.63) is 349 Å².